The van der Waals surface area contributed by atoms with Crippen molar-refractivity contribution < 1.29 is 18.0 Å². The van der Waals surface area contributed by atoms with E-state index in [0.717, 1.165) is 18.4 Å². The normalized spacial score (nSPS) is 11.7. The minimum Gasteiger partial charge on any atom is -0.385 e. The van der Waals surface area contributed by atoms with E-state index in [2.05, 4.69) is 11.4 Å². The molecular weight excluding hydrogens is 319 g/mol. The van der Waals surface area contributed by atoms with Gasteiger partial charge in [-0.2, -0.15) is 18.4 Å². The van der Waals surface area contributed by atoms with Gasteiger partial charge in [0.1, 0.15) is 6.54 Å². The highest BCUT2D eigenvalue weighted by Crippen LogP contribution is 2.22. The summed E-state index contributed by atoms with van der Waals surface area (Å²) in [5.41, 5.74) is 1.37. The Hall–Kier alpha value is -2.23. The second-order valence-corrected chi connectivity index (χ2v) is 6.35. The number of nitriles is 1. The Morgan fingerprint density at radius 3 is 2.54 bits per heavy atom. The molecule has 0 radical (unpaired) electrons. The van der Waals surface area contributed by atoms with Crippen molar-refractivity contribution in [3.05, 3.63) is 29.3 Å². The highest BCUT2D eigenvalue weighted by molar-refractivity contribution is 5.95. The van der Waals surface area contributed by atoms with E-state index in [0.29, 0.717) is 12.2 Å². The number of rotatable bonds is 7. The Kier molecular flexibility index (Phi) is 6.64. The van der Waals surface area contributed by atoms with E-state index < -0.39 is 24.0 Å². The molecule has 0 aliphatic heterocycles. The molecule has 0 saturated heterocycles. The maximum Gasteiger partial charge on any atom is 0.405 e. The third-order valence-corrected chi connectivity index (χ3v) is 3.55. The van der Waals surface area contributed by atoms with Crippen LogP contribution in [0.2, 0.25) is 0 Å². The molecule has 7 heteroatoms. The van der Waals surface area contributed by atoms with E-state index in [1.54, 1.807) is 6.07 Å². The van der Waals surface area contributed by atoms with E-state index in [-0.39, 0.29) is 5.56 Å². The van der Waals surface area contributed by atoms with Crippen LogP contribution in [0.4, 0.5) is 18.9 Å². The molecule has 0 unspecified atom stereocenters. The topological polar surface area (TPSA) is 64.9 Å². The number of hydrogen-bond acceptors (Lipinski definition) is 3. The summed E-state index contributed by atoms with van der Waals surface area (Å²) in [6.07, 6.45) is -2.94. The predicted molar refractivity (Wildman–Crippen MR) is 86.7 cm³/mol. The molecule has 2 N–H and O–H groups in total. The van der Waals surface area contributed by atoms with Crippen molar-refractivity contribution in [1.82, 2.24) is 5.32 Å². The molecule has 1 aromatic rings. The van der Waals surface area contributed by atoms with Gasteiger partial charge in [0, 0.05) is 17.8 Å². The third-order valence-electron chi connectivity index (χ3n) is 3.55. The van der Waals surface area contributed by atoms with Crippen molar-refractivity contribution in [3.8, 4) is 6.07 Å². The third kappa shape index (κ3) is 6.90. The van der Waals surface area contributed by atoms with E-state index in [1.807, 2.05) is 26.1 Å². The Morgan fingerprint density at radius 2 is 1.96 bits per heavy atom. The molecule has 0 aliphatic rings. The summed E-state index contributed by atoms with van der Waals surface area (Å²) < 4.78 is 36.5. The second-order valence-electron chi connectivity index (χ2n) is 6.35. The summed E-state index contributed by atoms with van der Waals surface area (Å²) in [7, 11) is 0. The first-order chi connectivity index (χ1) is 11.0. The van der Waals surface area contributed by atoms with Gasteiger partial charge in [-0.3, -0.25) is 4.79 Å². The maximum absolute atomic E-state index is 12.2. The molecule has 1 aromatic carbocycles. The molecule has 0 aromatic heterocycles. The fraction of sp³-hybridized carbons (Fsp3) is 0.529. The molecule has 0 aliphatic carbocycles. The Labute approximate surface area is 140 Å². The first kappa shape index (κ1) is 19.8. The fourth-order valence-corrected chi connectivity index (χ4v) is 2.05. The number of carbonyl (C=O) groups excluding carboxylic acids is 1. The fourth-order valence-electron chi connectivity index (χ4n) is 2.05. The average molecular weight is 341 g/mol. The van der Waals surface area contributed by atoms with Crippen LogP contribution in [0, 0.1) is 23.7 Å². The summed E-state index contributed by atoms with van der Waals surface area (Å²) in [5.74, 6) is -0.763. The van der Waals surface area contributed by atoms with Crippen LogP contribution < -0.4 is 10.6 Å². The number of aryl methyl sites for hydroxylation is 1. The van der Waals surface area contributed by atoms with E-state index >= 15 is 0 Å². The Morgan fingerprint density at radius 1 is 1.29 bits per heavy atom. The highest BCUT2D eigenvalue weighted by atomic mass is 19.4. The second kappa shape index (κ2) is 8.04. The lowest BCUT2D eigenvalue weighted by molar-refractivity contribution is -0.123. The lowest BCUT2D eigenvalue weighted by Gasteiger charge is -2.16. The minimum atomic E-state index is -4.44. The van der Waals surface area contributed by atoms with Crippen LogP contribution in [0.1, 0.15) is 42.6 Å². The quantitative estimate of drug-likeness (QED) is 0.736. The van der Waals surface area contributed by atoms with Crippen LogP contribution in [0.25, 0.3) is 0 Å². The molecule has 0 fully saturated rings. The van der Waals surface area contributed by atoms with Crippen LogP contribution in [0.3, 0.4) is 0 Å². The summed E-state index contributed by atoms with van der Waals surface area (Å²) in [5, 5.41) is 14.0. The van der Waals surface area contributed by atoms with Crippen LogP contribution >= 0.6 is 0 Å². The molecule has 0 spiro atoms. The van der Waals surface area contributed by atoms with E-state index in [1.165, 1.54) is 12.1 Å². The van der Waals surface area contributed by atoms with Gasteiger partial charge in [-0.25, -0.2) is 0 Å². The van der Waals surface area contributed by atoms with Crippen molar-refractivity contribution in [2.75, 3.05) is 18.4 Å². The van der Waals surface area contributed by atoms with Crippen LogP contribution in [0.15, 0.2) is 18.2 Å². The van der Waals surface area contributed by atoms with Crippen LogP contribution in [-0.4, -0.2) is 25.2 Å². The van der Waals surface area contributed by atoms with Crippen molar-refractivity contribution in [1.29, 1.82) is 5.26 Å². The predicted octanol–water partition coefficient (Wildman–Crippen LogP) is 4.03. The minimum absolute atomic E-state index is 0.171. The molecule has 0 atom stereocenters. The highest BCUT2D eigenvalue weighted by Gasteiger charge is 2.28. The standard InChI is InChI=1S/C17H22F3N3O/c1-12-5-6-13(15(24)23-11-17(18,19)20)9-14(12)22-8-4-7-16(2,3)10-21/h5-6,9,22H,4,7-8,11H2,1-3H3,(H,23,24). The number of anilines is 1. The summed E-state index contributed by atoms with van der Waals surface area (Å²) >= 11 is 0. The molecule has 0 bridgehead atoms. The molecule has 1 rings (SSSR count). The average Bonchev–Trinajstić information content (AvgIpc) is 2.50. The smallest absolute Gasteiger partial charge is 0.385 e. The summed E-state index contributed by atoms with van der Waals surface area (Å²) in [6.45, 7) is 4.83. The van der Waals surface area contributed by atoms with Gasteiger partial charge >= 0.3 is 6.18 Å². The molecule has 132 valence electrons. The van der Waals surface area contributed by atoms with Gasteiger partial charge < -0.3 is 10.6 Å². The van der Waals surface area contributed by atoms with Crippen molar-refractivity contribution in [2.45, 2.75) is 39.8 Å². The molecule has 24 heavy (non-hydrogen) atoms. The number of hydrogen-bond donors (Lipinski definition) is 2. The van der Waals surface area contributed by atoms with Crippen LogP contribution in [0.5, 0.6) is 0 Å². The lowest BCUT2D eigenvalue weighted by atomic mass is 9.90. The Bertz CT molecular complexity index is 618. The van der Waals surface area contributed by atoms with Crippen molar-refractivity contribution in [3.63, 3.8) is 0 Å². The van der Waals surface area contributed by atoms with Crippen LogP contribution in [-0.2, 0) is 0 Å². The van der Waals surface area contributed by atoms with Gasteiger partial charge in [-0.1, -0.05) is 6.07 Å². The lowest BCUT2D eigenvalue weighted by Crippen LogP contribution is -2.33. The van der Waals surface area contributed by atoms with Gasteiger partial charge in [-0.05, 0) is 51.3 Å². The zero-order valence-corrected chi connectivity index (χ0v) is 14.0. The summed E-state index contributed by atoms with van der Waals surface area (Å²) in [6, 6.07) is 6.94. The molecule has 4 nitrogen and oxygen atoms in total. The van der Waals surface area contributed by atoms with Gasteiger partial charge in [0.2, 0.25) is 0 Å². The monoisotopic (exact) mass is 341 g/mol. The largest absolute Gasteiger partial charge is 0.405 e. The number of carbonyl (C=O) groups is 1. The molecular formula is C17H22F3N3O. The van der Waals surface area contributed by atoms with E-state index in [4.69, 9.17) is 5.26 Å². The van der Waals surface area contributed by atoms with E-state index in [9.17, 15) is 18.0 Å². The zero-order valence-electron chi connectivity index (χ0n) is 14.0. The Balaban J connectivity index is 2.63. The zero-order chi connectivity index (χ0) is 18.4. The van der Waals surface area contributed by atoms with Crippen molar-refractivity contribution >= 4 is 11.6 Å². The SMILES string of the molecule is Cc1ccc(C(=O)NCC(F)(F)F)cc1NCCCC(C)(C)C#N. The van der Waals surface area contributed by atoms with Crippen molar-refractivity contribution in [2.24, 2.45) is 5.41 Å². The molecule has 1 amide bonds. The first-order valence-electron chi connectivity index (χ1n) is 7.65. The van der Waals surface area contributed by atoms with Gasteiger partial charge in [0.15, 0.2) is 0 Å². The van der Waals surface area contributed by atoms with Gasteiger partial charge in [0.25, 0.3) is 5.91 Å². The van der Waals surface area contributed by atoms with Gasteiger partial charge in [-0.15, -0.1) is 0 Å². The number of nitrogens with one attached hydrogen (secondary N) is 2. The maximum atomic E-state index is 12.2. The first-order valence-corrected chi connectivity index (χ1v) is 7.65. The molecule has 0 heterocycles. The number of alkyl halides is 3. The molecule has 0 saturated carbocycles. The number of nitrogens with zero attached hydrogens (tertiary/aromatic N) is 1. The van der Waals surface area contributed by atoms with Gasteiger partial charge in [0.05, 0.1) is 11.5 Å². The number of amides is 1. The number of benzene rings is 1. The number of halogens is 3. The summed E-state index contributed by atoms with van der Waals surface area (Å²) in [4.78, 5) is 11.8.